The minimum atomic E-state index is 0.105. The van der Waals surface area contributed by atoms with Crippen molar-refractivity contribution in [1.29, 1.82) is 0 Å². The first-order valence-corrected chi connectivity index (χ1v) is 5.48. The topological polar surface area (TPSA) is 50.7 Å². The van der Waals surface area contributed by atoms with Crippen molar-refractivity contribution in [3.05, 3.63) is 22.6 Å². The van der Waals surface area contributed by atoms with Gasteiger partial charge in [0.1, 0.15) is 0 Å². The van der Waals surface area contributed by atoms with Crippen LogP contribution < -0.4 is 5.32 Å². The zero-order valence-corrected chi connectivity index (χ0v) is 9.46. The molecule has 0 saturated heterocycles. The molecule has 4 nitrogen and oxygen atoms in total. The van der Waals surface area contributed by atoms with Gasteiger partial charge in [0.25, 0.3) is 0 Å². The fraction of sp³-hybridized carbons (Fsp3) is 0.444. The van der Waals surface area contributed by atoms with Gasteiger partial charge in [-0.05, 0) is 30.9 Å². The predicted molar refractivity (Wildman–Crippen MR) is 60.2 cm³/mol. The van der Waals surface area contributed by atoms with Gasteiger partial charge in [-0.3, -0.25) is 0 Å². The highest BCUT2D eigenvalue weighted by molar-refractivity contribution is 6.32. The Balaban J connectivity index is 2.09. The summed E-state index contributed by atoms with van der Waals surface area (Å²) >= 11 is 11.5. The van der Waals surface area contributed by atoms with Crippen LogP contribution in [0.4, 0.5) is 5.82 Å². The maximum absolute atomic E-state index is 5.84. The Hall–Kier alpha value is -0.870. The van der Waals surface area contributed by atoms with Crippen molar-refractivity contribution >= 4 is 29.0 Å². The minimum Gasteiger partial charge on any atom is -0.364 e. The van der Waals surface area contributed by atoms with Crippen LogP contribution in [-0.4, -0.2) is 21.2 Å². The fourth-order valence-corrected chi connectivity index (χ4v) is 1.76. The molecule has 15 heavy (non-hydrogen) atoms. The summed E-state index contributed by atoms with van der Waals surface area (Å²) in [6.45, 7) is 0. The highest BCUT2D eigenvalue weighted by Crippen LogP contribution is 2.21. The van der Waals surface area contributed by atoms with E-state index in [0.717, 1.165) is 19.3 Å². The van der Waals surface area contributed by atoms with Crippen LogP contribution in [0.2, 0.25) is 10.4 Å². The van der Waals surface area contributed by atoms with Crippen molar-refractivity contribution in [3.8, 4) is 0 Å². The predicted octanol–water partition coefficient (Wildman–Crippen LogP) is 2.70. The van der Waals surface area contributed by atoms with Crippen molar-refractivity contribution in [3.63, 3.8) is 0 Å². The molecule has 0 bridgehead atoms. The van der Waals surface area contributed by atoms with E-state index in [0.29, 0.717) is 11.9 Å². The average Bonchev–Trinajstić information content (AvgIpc) is 2.25. The fourth-order valence-electron chi connectivity index (χ4n) is 1.50. The Morgan fingerprint density at radius 2 is 2.13 bits per heavy atom. The second-order valence-corrected chi connectivity index (χ2v) is 4.04. The summed E-state index contributed by atoms with van der Waals surface area (Å²) in [7, 11) is 0. The van der Waals surface area contributed by atoms with Crippen molar-refractivity contribution in [2.24, 2.45) is 0 Å². The van der Waals surface area contributed by atoms with Crippen molar-refractivity contribution in [1.82, 2.24) is 15.2 Å². The van der Waals surface area contributed by atoms with E-state index < -0.39 is 0 Å². The van der Waals surface area contributed by atoms with Gasteiger partial charge in [0.2, 0.25) is 5.28 Å². The van der Waals surface area contributed by atoms with Crippen LogP contribution in [0.15, 0.2) is 12.2 Å². The molecule has 1 aliphatic rings. The zero-order valence-electron chi connectivity index (χ0n) is 7.95. The molecule has 1 aliphatic carbocycles. The van der Waals surface area contributed by atoms with Gasteiger partial charge in [-0.25, -0.2) is 0 Å². The number of nitrogens with zero attached hydrogens (tertiary/aromatic N) is 3. The number of hydrogen-bond donors (Lipinski definition) is 1. The Morgan fingerprint density at radius 1 is 1.27 bits per heavy atom. The number of allylic oxidation sites excluding steroid dienone is 1. The second kappa shape index (κ2) is 4.77. The lowest BCUT2D eigenvalue weighted by Gasteiger charge is -2.19. The highest BCUT2D eigenvalue weighted by atomic mass is 35.5. The number of halogens is 2. The first-order valence-electron chi connectivity index (χ1n) is 4.73. The molecule has 1 aromatic rings. The van der Waals surface area contributed by atoms with E-state index in [4.69, 9.17) is 23.2 Å². The number of rotatable bonds is 2. The molecule has 1 N–H and O–H groups in total. The van der Waals surface area contributed by atoms with E-state index in [1.807, 2.05) is 0 Å². The van der Waals surface area contributed by atoms with Gasteiger partial charge in [0.05, 0.1) is 0 Å². The van der Waals surface area contributed by atoms with Crippen molar-refractivity contribution in [2.45, 2.75) is 25.3 Å². The Bertz CT molecular complexity index is 380. The summed E-state index contributed by atoms with van der Waals surface area (Å²) in [4.78, 5) is 3.99. The molecule has 2 rings (SSSR count). The third kappa shape index (κ3) is 2.79. The summed E-state index contributed by atoms with van der Waals surface area (Å²) in [6, 6.07) is 0.347. The molecule has 0 spiro atoms. The van der Waals surface area contributed by atoms with Gasteiger partial charge in [-0.15, -0.1) is 10.2 Å². The van der Waals surface area contributed by atoms with Gasteiger partial charge in [-0.1, -0.05) is 23.8 Å². The van der Waals surface area contributed by atoms with Crippen LogP contribution >= 0.6 is 23.2 Å². The lowest BCUT2D eigenvalue weighted by molar-refractivity contribution is 0.641. The smallest absolute Gasteiger partial charge is 0.245 e. The highest BCUT2D eigenvalue weighted by Gasteiger charge is 2.13. The summed E-state index contributed by atoms with van der Waals surface area (Å²) in [5.41, 5.74) is 0. The number of aromatic nitrogens is 3. The molecule has 0 radical (unpaired) electrons. The van der Waals surface area contributed by atoms with Gasteiger partial charge in [0, 0.05) is 6.04 Å². The Morgan fingerprint density at radius 3 is 2.87 bits per heavy atom. The summed E-state index contributed by atoms with van der Waals surface area (Å²) < 4.78 is 0. The molecule has 0 aromatic carbocycles. The average molecular weight is 245 g/mol. The van der Waals surface area contributed by atoms with Crippen LogP contribution in [-0.2, 0) is 0 Å². The van der Waals surface area contributed by atoms with Gasteiger partial charge >= 0.3 is 0 Å². The van der Waals surface area contributed by atoms with Gasteiger partial charge in [0.15, 0.2) is 11.0 Å². The molecule has 0 fully saturated rings. The van der Waals surface area contributed by atoms with E-state index >= 15 is 0 Å². The van der Waals surface area contributed by atoms with E-state index in [-0.39, 0.29) is 10.4 Å². The molecular weight excluding hydrogens is 235 g/mol. The summed E-state index contributed by atoms with van der Waals surface area (Å²) in [5, 5.41) is 10.8. The largest absolute Gasteiger partial charge is 0.364 e. The SMILES string of the molecule is Clc1nnc(Cl)c(NC2CC=CCC2)n1. The molecule has 6 heteroatoms. The zero-order chi connectivity index (χ0) is 10.7. The first kappa shape index (κ1) is 10.6. The maximum Gasteiger partial charge on any atom is 0.245 e. The Labute approximate surface area is 97.7 Å². The molecule has 80 valence electrons. The summed E-state index contributed by atoms with van der Waals surface area (Å²) in [5.74, 6) is 0.511. The standard InChI is InChI=1S/C9H10Cl2N4/c10-7-8(13-9(11)15-14-7)12-6-4-2-1-3-5-6/h1-2,6H,3-5H2,(H,12,13,15). The monoisotopic (exact) mass is 244 g/mol. The lowest BCUT2D eigenvalue weighted by Crippen LogP contribution is -2.21. The number of hydrogen-bond acceptors (Lipinski definition) is 4. The Kier molecular flexibility index (Phi) is 3.38. The number of nitrogens with one attached hydrogen (secondary N) is 1. The molecule has 1 aromatic heterocycles. The van der Waals surface area contributed by atoms with E-state index in [2.05, 4.69) is 32.7 Å². The molecular formula is C9H10Cl2N4. The van der Waals surface area contributed by atoms with Crippen LogP contribution in [0, 0.1) is 0 Å². The molecule has 1 heterocycles. The van der Waals surface area contributed by atoms with Crippen molar-refractivity contribution < 1.29 is 0 Å². The molecule has 1 unspecified atom stereocenters. The minimum absolute atomic E-state index is 0.105. The van der Waals surface area contributed by atoms with E-state index in [1.54, 1.807) is 0 Å². The van der Waals surface area contributed by atoms with Crippen LogP contribution in [0.1, 0.15) is 19.3 Å². The van der Waals surface area contributed by atoms with E-state index in [1.165, 1.54) is 0 Å². The molecule has 0 amide bonds. The maximum atomic E-state index is 5.84. The van der Waals surface area contributed by atoms with Crippen LogP contribution in [0.3, 0.4) is 0 Å². The molecule has 0 aliphatic heterocycles. The van der Waals surface area contributed by atoms with E-state index in [9.17, 15) is 0 Å². The van der Waals surface area contributed by atoms with Crippen LogP contribution in [0.25, 0.3) is 0 Å². The third-order valence-corrected chi connectivity index (χ3v) is 2.64. The quantitative estimate of drug-likeness (QED) is 0.814. The first-order chi connectivity index (χ1) is 7.25. The summed E-state index contributed by atoms with van der Waals surface area (Å²) in [6.07, 6.45) is 7.42. The second-order valence-electron chi connectivity index (χ2n) is 3.35. The lowest BCUT2D eigenvalue weighted by atomic mass is 10.0. The molecule has 0 saturated carbocycles. The third-order valence-electron chi connectivity index (χ3n) is 2.23. The van der Waals surface area contributed by atoms with Gasteiger partial charge in [-0.2, -0.15) is 4.98 Å². The van der Waals surface area contributed by atoms with Gasteiger partial charge < -0.3 is 5.32 Å². The molecule has 1 atom stereocenters. The van der Waals surface area contributed by atoms with Crippen molar-refractivity contribution in [2.75, 3.05) is 5.32 Å². The number of anilines is 1. The normalized spacial score (nSPS) is 20.3. The van der Waals surface area contributed by atoms with Crippen LogP contribution in [0.5, 0.6) is 0 Å².